The zero-order chi connectivity index (χ0) is 8.69. The zero-order valence-electron chi connectivity index (χ0n) is 6.91. The Morgan fingerprint density at radius 1 is 1.55 bits per heavy atom. The number of nitrogens with zero attached hydrogens (tertiary/aromatic N) is 1. The van der Waals surface area contributed by atoms with Gasteiger partial charge in [-0.15, -0.1) is 0 Å². The molecule has 1 amide bonds. The summed E-state index contributed by atoms with van der Waals surface area (Å²) in [4.78, 5) is 22.4. The summed E-state index contributed by atoms with van der Waals surface area (Å²) >= 11 is 0. The lowest BCUT2D eigenvalue weighted by molar-refractivity contribution is -0.125. The number of amides is 1. The molecule has 0 aliphatic heterocycles. The molecule has 0 aliphatic rings. The van der Waals surface area contributed by atoms with Gasteiger partial charge in [0.2, 0.25) is 5.91 Å². The van der Waals surface area contributed by atoms with Crippen LogP contribution in [0.15, 0.2) is 12.2 Å². The molecule has 0 unspecified atom stereocenters. The van der Waals surface area contributed by atoms with Gasteiger partial charge in [0.15, 0.2) is 0 Å². The largest absolute Gasteiger partial charge is 0.342 e. The maximum absolute atomic E-state index is 11.0. The number of carbonyl (C=O) groups is 2. The standard InChI is InChI=1S/C8H13NO2/c1-3-5-8(11)9(2)6-4-7-10/h3,5,7H,4,6H2,1-2H3/b5-3+. The van der Waals surface area contributed by atoms with Crippen molar-refractivity contribution in [2.45, 2.75) is 13.3 Å². The normalized spacial score (nSPS) is 10.0. The van der Waals surface area contributed by atoms with Crippen LogP contribution in [-0.4, -0.2) is 30.7 Å². The summed E-state index contributed by atoms with van der Waals surface area (Å²) in [6.45, 7) is 2.28. The maximum atomic E-state index is 11.0. The number of rotatable bonds is 4. The topological polar surface area (TPSA) is 37.4 Å². The highest BCUT2D eigenvalue weighted by molar-refractivity contribution is 5.87. The molecule has 0 heterocycles. The Bertz CT molecular complexity index is 163. The zero-order valence-corrected chi connectivity index (χ0v) is 6.91. The first kappa shape index (κ1) is 9.88. The van der Waals surface area contributed by atoms with E-state index in [1.807, 2.05) is 0 Å². The van der Waals surface area contributed by atoms with Gasteiger partial charge in [0.25, 0.3) is 0 Å². The van der Waals surface area contributed by atoms with Crippen molar-refractivity contribution in [2.75, 3.05) is 13.6 Å². The Hall–Kier alpha value is -1.12. The average molecular weight is 155 g/mol. The van der Waals surface area contributed by atoms with E-state index in [0.29, 0.717) is 13.0 Å². The monoisotopic (exact) mass is 155 g/mol. The van der Waals surface area contributed by atoms with E-state index in [4.69, 9.17) is 0 Å². The second-order valence-corrected chi connectivity index (χ2v) is 2.22. The Balaban J connectivity index is 3.72. The van der Waals surface area contributed by atoms with Crippen LogP contribution in [0.25, 0.3) is 0 Å². The highest BCUT2D eigenvalue weighted by Gasteiger charge is 2.01. The SMILES string of the molecule is C/C=C/C(=O)N(C)CCC=O. The van der Waals surface area contributed by atoms with Gasteiger partial charge in [-0.3, -0.25) is 4.79 Å². The summed E-state index contributed by atoms with van der Waals surface area (Å²) < 4.78 is 0. The molecule has 3 nitrogen and oxygen atoms in total. The molecule has 0 N–H and O–H groups in total. The molecule has 0 saturated heterocycles. The van der Waals surface area contributed by atoms with Crippen LogP contribution in [0.4, 0.5) is 0 Å². The van der Waals surface area contributed by atoms with Crippen molar-refractivity contribution in [3.05, 3.63) is 12.2 Å². The number of hydrogen-bond donors (Lipinski definition) is 0. The second kappa shape index (κ2) is 5.65. The van der Waals surface area contributed by atoms with Crippen molar-refractivity contribution in [1.82, 2.24) is 4.90 Å². The lowest BCUT2D eigenvalue weighted by atomic mass is 10.4. The van der Waals surface area contributed by atoms with Crippen molar-refractivity contribution >= 4 is 12.2 Å². The van der Waals surface area contributed by atoms with Crippen LogP contribution in [0.2, 0.25) is 0 Å². The molecular weight excluding hydrogens is 142 g/mol. The predicted molar refractivity (Wildman–Crippen MR) is 43.1 cm³/mol. The molecule has 0 saturated carbocycles. The molecule has 0 aromatic heterocycles. The van der Waals surface area contributed by atoms with Gasteiger partial charge in [-0.1, -0.05) is 6.08 Å². The third kappa shape index (κ3) is 4.31. The van der Waals surface area contributed by atoms with E-state index in [1.165, 1.54) is 11.0 Å². The summed E-state index contributed by atoms with van der Waals surface area (Å²) in [7, 11) is 1.67. The van der Waals surface area contributed by atoms with E-state index >= 15 is 0 Å². The second-order valence-electron chi connectivity index (χ2n) is 2.22. The first-order valence-corrected chi connectivity index (χ1v) is 3.53. The first-order chi connectivity index (χ1) is 5.22. The number of aldehydes is 1. The van der Waals surface area contributed by atoms with E-state index in [0.717, 1.165) is 6.29 Å². The van der Waals surface area contributed by atoms with Gasteiger partial charge in [-0.25, -0.2) is 0 Å². The molecule has 0 rings (SSSR count). The van der Waals surface area contributed by atoms with E-state index < -0.39 is 0 Å². The highest BCUT2D eigenvalue weighted by atomic mass is 16.2. The fraction of sp³-hybridized carbons (Fsp3) is 0.500. The Labute approximate surface area is 66.7 Å². The van der Waals surface area contributed by atoms with Crippen molar-refractivity contribution in [3.63, 3.8) is 0 Å². The molecule has 11 heavy (non-hydrogen) atoms. The number of carbonyl (C=O) groups excluding carboxylic acids is 2. The molecule has 0 aromatic carbocycles. The fourth-order valence-corrected chi connectivity index (χ4v) is 0.626. The predicted octanol–water partition coefficient (Wildman–Crippen LogP) is 0.610. The molecule has 0 aliphatic carbocycles. The summed E-state index contributed by atoms with van der Waals surface area (Å²) in [6.07, 6.45) is 4.36. The smallest absolute Gasteiger partial charge is 0.245 e. The minimum atomic E-state index is -0.0608. The summed E-state index contributed by atoms with van der Waals surface area (Å²) in [5.41, 5.74) is 0. The van der Waals surface area contributed by atoms with Crippen LogP contribution in [0, 0.1) is 0 Å². The minimum Gasteiger partial charge on any atom is -0.342 e. The first-order valence-electron chi connectivity index (χ1n) is 3.53. The fourth-order valence-electron chi connectivity index (χ4n) is 0.626. The van der Waals surface area contributed by atoms with Crippen LogP contribution in [-0.2, 0) is 9.59 Å². The van der Waals surface area contributed by atoms with Gasteiger partial charge < -0.3 is 9.69 Å². The van der Waals surface area contributed by atoms with Gasteiger partial charge in [0.05, 0.1) is 0 Å². The molecule has 0 fully saturated rings. The lowest BCUT2D eigenvalue weighted by Crippen LogP contribution is -2.25. The van der Waals surface area contributed by atoms with Gasteiger partial charge >= 0.3 is 0 Å². The van der Waals surface area contributed by atoms with Crippen molar-refractivity contribution in [1.29, 1.82) is 0 Å². The molecule has 0 spiro atoms. The van der Waals surface area contributed by atoms with Crippen molar-refractivity contribution in [3.8, 4) is 0 Å². The molecular formula is C8H13NO2. The molecule has 0 aromatic rings. The average Bonchev–Trinajstić information content (AvgIpc) is 2.00. The van der Waals surface area contributed by atoms with Gasteiger partial charge in [0.1, 0.15) is 6.29 Å². The Kier molecular flexibility index (Phi) is 5.07. The van der Waals surface area contributed by atoms with Crippen LogP contribution >= 0.6 is 0 Å². The highest BCUT2D eigenvalue weighted by Crippen LogP contribution is 1.87. The number of allylic oxidation sites excluding steroid dienone is 1. The van der Waals surface area contributed by atoms with Gasteiger partial charge in [0, 0.05) is 20.0 Å². The maximum Gasteiger partial charge on any atom is 0.245 e. The Morgan fingerprint density at radius 2 is 2.18 bits per heavy atom. The van der Waals surface area contributed by atoms with Gasteiger partial charge in [-0.05, 0) is 13.0 Å². The van der Waals surface area contributed by atoms with Crippen LogP contribution < -0.4 is 0 Å². The summed E-state index contributed by atoms with van der Waals surface area (Å²) in [5.74, 6) is -0.0608. The quantitative estimate of drug-likeness (QED) is 0.440. The van der Waals surface area contributed by atoms with E-state index in [2.05, 4.69) is 0 Å². The third-order valence-corrected chi connectivity index (χ3v) is 1.27. The van der Waals surface area contributed by atoms with Crippen LogP contribution in [0.3, 0.4) is 0 Å². The molecule has 0 bridgehead atoms. The molecule has 62 valence electrons. The summed E-state index contributed by atoms with van der Waals surface area (Å²) in [5, 5.41) is 0. The van der Waals surface area contributed by atoms with E-state index in [1.54, 1.807) is 20.0 Å². The Morgan fingerprint density at radius 3 is 2.64 bits per heavy atom. The summed E-state index contributed by atoms with van der Waals surface area (Å²) in [6, 6.07) is 0. The third-order valence-electron chi connectivity index (χ3n) is 1.27. The van der Waals surface area contributed by atoms with Crippen LogP contribution in [0.1, 0.15) is 13.3 Å². The van der Waals surface area contributed by atoms with Gasteiger partial charge in [-0.2, -0.15) is 0 Å². The molecule has 3 heteroatoms. The lowest BCUT2D eigenvalue weighted by Gasteiger charge is -2.12. The van der Waals surface area contributed by atoms with E-state index in [-0.39, 0.29) is 5.91 Å². The molecule has 0 atom stereocenters. The molecule has 0 radical (unpaired) electrons. The number of likely N-dealkylation sites (N-methyl/N-ethyl adjacent to an activating group) is 1. The number of hydrogen-bond acceptors (Lipinski definition) is 2. The minimum absolute atomic E-state index is 0.0608. The van der Waals surface area contributed by atoms with Crippen LogP contribution in [0.5, 0.6) is 0 Å². The van der Waals surface area contributed by atoms with Crippen molar-refractivity contribution in [2.24, 2.45) is 0 Å². The van der Waals surface area contributed by atoms with E-state index in [9.17, 15) is 9.59 Å². The van der Waals surface area contributed by atoms with Crippen molar-refractivity contribution < 1.29 is 9.59 Å².